The number of benzene rings is 1. The first-order valence-electron chi connectivity index (χ1n) is 5.37. The largest absolute Gasteiger partial charge is 0.335 e. The molecule has 0 fully saturated rings. The third-order valence-electron chi connectivity index (χ3n) is 2.55. The Morgan fingerprint density at radius 3 is 2.50 bits per heavy atom. The van der Waals surface area contributed by atoms with E-state index in [1.165, 1.54) is 11.3 Å². The Morgan fingerprint density at radius 2 is 1.80 bits per heavy atom. The summed E-state index contributed by atoms with van der Waals surface area (Å²) in [6.07, 6.45) is 0. The molecule has 2 heterocycles. The van der Waals surface area contributed by atoms with Crippen molar-refractivity contribution in [3.63, 3.8) is 0 Å². The Labute approximate surface area is 120 Å². The molecule has 0 saturated carbocycles. The fraction of sp³-hybridized carbons (Fsp3) is 0. The molecule has 0 aliphatic rings. The van der Waals surface area contributed by atoms with Crippen LogP contribution in [-0.2, 0) is 0 Å². The van der Waals surface area contributed by atoms with E-state index in [4.69, 9.17) is 11.6 Å². The van der Waals surface area contributed by atoms with Gasteiger partial charge in [0.05, 0.1) is 5.39 Å². The van der Waals surface area contributed by atoms with Crippen LogP contribution in [0.15, 0.2) is 23.6 Å². The maximum Gasteiger partial charge on any atom is 0.225 e. The fourth-order valence-corrected chi connectivity index (χ4v) is 2.69. The lowest BCUT2D eigenvalue weighted by atomic mass is 10.2. The molecule has 1 aromatic carbocycles. The molecule has 0 atom stereocenters. The summed E-state index contributed by atoms with van der Waals surface area (Å²) in [4.78, 5) is 8.46. The highest BCUT2D eigenvalue weighted by atomic mass is 35.5. The summed E-state index contributed by atoms with van der Waals surface area (Å²) in [7, 11) is 0. The molecular weight excluding hydrogens is 311 g/mol. The second-order valence-corrected chi connectivity index (χ2v) is 5.08. The summed E-state index contributed by atoms with van der Waals surface area (Å²) < 4.78 is 40.1. The molecule has 0 saturated heterocycles. The van der Waals surface area contributed by atoms with Crippen molar-refractivity contribution in [2.75, 3.05) is 5.32 Å². The molecule has 2 aromatic heterocycles. The van der Waals surface area contributed by atoms with Crippen LogP contribution in [0.1, 0.15) is 0 Å². The van der Waals surface area contributed by atoms with Crippen molar-refractivity contribution >= 4 is 44.7 Å². The Morgan fingerprint density at radius 1 is 1.10 bits per heavy atom. The quantitative estimate of drug-likeness (QED) is 0.707. The monoisotopic (exact) mass is 315 g/mol. The zero-order chi connectivity index (χ0) is 14.3. The highest BCUT2D eigenvalue weighted by molar-refractivity contribution is 7.16. The fourth-order valence-electron chi connectivity index (χ4n) is 1.70. The van der Waals surface area contributed by atoms with Gasteiger partial charge in [-0.1, -0.05) is 0 Å². The van der Waals surface area contributed by atoms with Gasteiger partial charge in [0.2, 0.25) is 5.28 Å². The minimum atomic E-state index is -1.05. The van der Waals surface area contributed by atoms with E-state index in [0.717, 1.165) is 0 Å². The number of hydrogen-bond donors (Lipinski definition) is 1. The number of anilines is 2. The average molecular weight is 316 g/mol. The molecule has 8 heteroatoms. The summed E-state index contributed by atoms with van der Waals surface area (Å²) >= 11 is 7.06. The first kappa shape index (κ1) is 13.1. The minimum Gasteiger partial charge on any atom is -0.335 e. The summed E-state index contributed by atoms with van der Waals surface area (Å²) in [5.41, 5.74) is -0.492. The molecule has 102 valence electrons. The molecule has 0 aliphatic carbocycles. The van der Waals surface area contributed by atoms with E-state index in [1.807, 2.05) is 0 Å². The minimum absolute atomic E-state index is 0.0506. The summed E-state index contributed by atoms with van der Waals surface area (Å²) in [6.45, 7) is 0. The molecule has 0 bridgehead atoms. The van der Waals surface area contributed by atoms with E-state index in [-0.39, 0.29) is 11.1 Å². The van der Waals surface area contributed by atoms with Crippen LogP contribution in [0.4, 0.5) is 24.7 Å². The van der Waals surface area contributed by atoms with Crippen molar-refractivity contribution in [2.24, 2.45) is 0 Å². The zero-order valence-electron chi connectivity index (χ0n) is 9.62. The number of nitrogens with zero attached hydrogens (tertiary/aromatic N) is 2. The van der Waals surface area contributed by atoms with Crippen molar-refractivity contribution in [1.82, 2.24) is 9.97 Å². The predicted octanol–water partition coefficient (Wildman–Crippen LogP) is 4.51. The van der Waals surface area contributed by atoms with Crippen LogP contribution in [-0.4, -0.2) is 9.97 Å². The molecule has 20 heavy (non-hydrogen) atoms. The highest BCUT2D eigenvalue weighted by Crippen LogP contribution is 2.30. The van der Waals surface area contributed by atoms with E-state index in [2.05, 4.69) is 15.3 Å². The van der Waals surface area contributed by atoms with E-state index in [9.17, 15) is 13.2 Å². The topological polar surface area (TPSA) is 37.8 Å². The van der Waals surface area contributed by atoms with Gasteiger partial charge in [0.1, 0.15) is 22.2 Å². The van der Waals surface area contributed by atoms with Gasteiger partial charge in [0.15, 0.2) is 11.6 Å². The average Bonchev–Trinajstić information content (AvgIpc) is 2.81. The van der Waals surface area contributed by atoms with Crippen LogP contribution in [0.25, 0.3) is 10.2 Å². The number of hydrogen-bond acceptors (Lipinski definition) is 4. The standard InChI is InChI=1S/C12H5ClF3N3S/c13-12-18-10(6-1-2-20-11(6)19-12)17-9-7(15)3-5(14)4-8(9)16/h1-4H,(H,17,18,19). The van der Waals surface area contributed by atoms with Crippen LogP contribution in [0.3, 0.4) is 0 Å². The molecule has 1 N–H and O–H groups in total. The van der Waals surface area contributed by atoms with Crippen molar-refractivity contribution in [1.29, 1.82) is 0 Å². The normalized spacial score (nSPS) is 11.0. The zero-order valence-corrected chi connectivity index (χ0v) is 11.2. The van der Waals surface area contributed by atoms with Gasteiger partial charge in [-0.05, 0) is 23.0 Å². The molecule has 0 aliphatic heterocycles. The van der Waals surface area contributed by atoms with E-state index >= 15 is 0 Å². The van der Waals surface area contributed by atoms with Crippen molar-refractivity contribution < 1.29 is 13.2 Å². The van der Waals surface area contributed by atoms with Crippen molar-refractivity contribution in [3.8, 4) is 0 Å². The maximum atomic E-state index is 13.6. The van der Waals surface area contributed by atoms with E-state index < -0.39 is 23.1 Å². The molecule has 0 radical (unpaired) electrons. The van der Waals surface area contributed by atoms with Crippen LogP contribution >= 0.6 is 22.9 Å². The lowest BCUT2D eigenvalue weighted by molar-refractivity contribution is 0.549. The van der Waals surface area contributed by atoms with Gasteiger partial charge < -0.3 is 5.32 Å². The summed E-state index contributed by atoms with van der Waals surface area (Å²) in [5, 5.41) is 4.76. The lowest BCUT2D eigenvalue weighted by Crippen LogP contribution is -2.01. The van der Waals surface area contributed by atoms with Crippen LogP contribution < -0.4 is 5.32 Å². The molecular formula is C12H5ClF3N3S. The van der Waals surface area contributed by atoms with Gasteiger partial charge in [0, 0.05) is 12.1 Å². The number of nitrogens with one attached hydrogen (secondary N) is 1. The predicted molar refractivity (Wildman–Crippen MR) is 72.0 cm³/mol. The van der Waals surface area contributed by atoms with E-state index in [0.29, 0.717) is 22.3 Å². The van der Waals surface area contributed by atoms with Gasteiger partial charge in [-0.25, -0.2) is 18.2 Å². The van der Waals surface area contributed by atoms with Gasteiger partial charge in [0.25, 0.3) is 0 Å². The summed E-state index contributed by atoms with van der Waals surface area (Å²) in [5.74, 6) is -2.95. The SMILES string of the molecule is Fc1cc(F)c(Nc2nc(Cl)nc3sccc23)c(F)c1. The first-order valence-corrected chi connectivity index (χ1v) is 6.62. The first-order chi connectivity index (χ1) is 9.54. The second-order valence-electron chi connectivity index (χ2n) is 3.85. The Bertz CT molecular complexity index is 783. The summed E-state index contributed by atoms with van der Waals surface area (Å²) in [6, 6.07) is 2.86. The van der Waals surface area contributed by atoms with Gasteiger partial charge in [-0.2, -0.15) is 4.98 Å². The molecule has 0 unspecified atom stereocenters. The third kappa shape index (κ3) is 2.30. The number of aromatic nitrogens is 2. The Kier molecular flexibility index (Phi) is 3.23. The molecule has 3 aromatic rings. The van der Waals surface area contributed by atoms with E-state index in [1.54, 1.807) is 11.4 Å². The number of rotatable bonds is 2. The third-order valence-corrected chi connectivity index (χ3v) is 3.52. The molecule has 3 rings (SSSR count). The lowest BCUT2D eigenvalue weighted by Gasteiger charge is -2.09. The molecule has 3 nitrogen and oxygen atoms in total. The van der Waals surface area contributed by atoms with Crippen LogP contribution in [0.5, 0.6) is 0 Å². The number of halogens is 4. The van der Waals surface area contributed by atoms with Crippen LogP contribution in [0, 0.1) is 17.5 Å². The van der Waals surface area contributed by atoms with Gasteiger partial charge in [-0.15, -0.1) is 11.3 Å². The number of fused-ring (bicyclic) bond motifs is 1. The Balaban J connectivity index is 2.12. The van der Waals surface area contributed by atoms with Gasteiger partial charge in [-0.3, -0.25) is 0 Å². The second kappa shape index (κ2) is 4.92. The number of thiophene rings is 1. The van der Waals surface area contributed by atoms with Gasteiger partial charge >= 0.3 is 0 Å². The smallest absolute Gasteiger partial charge is 0.225 e. The maximum absolute atomic E-state index is 13.6. The molecule has 0 spiro atoms. The molecule has 0 amide bonds. The Hall–Kier alpha value is -1.86. The van der Waals surface area contributed by atoms with Crippen molar-refractivity contribution in [2.45, 2.75) is 0 Å². The van der Waals surface area contributed by atoms with Crippen LogP contribution in [0.2, 0.25) is 5.28 Å². The van der Waals surface area contributed by atoms with Crippen molar-refractivity contribution in [3.05, 3.63) is 46.3 Å². The highest BCUT2D eigenvalue weighted by Gasteiger charge is 2.15.